The van der Waals surface area contributed by atoms with E-state index in [1.807, 2.05) is 13.8 Å². The van der Waals surface area contributed by atoms with Gasteiger partial charge in [0.15, 0.2) is 0 Å². The van der Waals surface area contributed by atoms with E-state index in [1.165, 1.54) is 12.8 Å². The summed E-state index contributed by atoms with van der Waals surface area (Å²) in [5, 5.41) is 9.23. The Morgan fingerprint density at radius 3 is 2.53 bits per heavy atom. The molecule has 1 aliphatic rings. The van der Waals surface area contributed by atoms with E-state index in [-0.39, 0.29) is 6.04 Å². The van der Waals surface area contributed by atoms with Crippen molar-refractivity contribution in [1.29, 1.82) is 5.26 Å². The summed E-state index contributed by atoms with van der Waals surface area (Å²) >= 11 is 0. The van der Waals surface area contributed by atoms with Gasteiger partial charge in [-0.1, -0.05) is 0 Å². The van der Waals surface area contributed by atoms with Gasteiger partial charge >= 0.3 is 0 Å². The quantitative estimate of drug-likeness (QED) is 0.797. The lowest BCUT2D eigenvalue weighted by Gasteiger charge is -2.19. The van der Waals surface area contributed by atoms with Gasteiger partial charge in [-0.05, 0) is 39.8 Å². The lowest BCUT2D eigenvalue weighted by molar-refractivity contribution is 0.289. The predicted molar refractivity (Wildman–Crippen MR) is 57.2 cm³/mol. The Kier molecular flexibility index (Phi) is 2.74. The van der Waals surface area contributed by atoms with Crippen molar-refractivity contribution in [3.05, 3.63) is 17.2 Å². The summed E-state index contributed by atoms with van der Waals surface area (Å²) in [5.41, 5.74) is 1.92. The van der Waals surface area contributed by atoms with Crippen LogP contribution >= 0.6 is 0 Å². The highest BCUT2D eigenvalue weighted by molar-refractivity contribution is 5.22. The van der Waals surface area contributed by atoms with E-state index < -0.39 is 0 Å². The molecular formula is C11H16N4. The zero-order valence-corrected chi connectivity index (χ0v) is 9.25. The Morgan fingerprint density at radius 2 is 2.07 bits per heavy atom. The number of nitriles is 1. The first-order valence-electron chi connectivity index (χ1n) is 5.39. The third-order valence-corrected chi connectivity index (χ3v) is 2.93. The summed E-state index contributed by atoms with van der Waals surface area (Å²) in [6, 6.07) is 2.19. The Bertz CT molecular complexity index is 382. The highest BCUT2D eigenvalue weighted by Crippen LogP contribution is 2.25. The molecule has 1 atom stereocenters. The molecule has 0 aromatic carbocycles. The monoisotopic (exact) mass is 204 g/mol. The van der Waals surface area contributed by atoms with Crippen molar-refractivity contribution in [3.63, 3.8) is 0 Å². The predicted octanol–water partition coefficient (Wildman–Crippen LogP) is 1.69. The molecule has 80 valence electrons. The van der Waals surface area contributed by atoms with Crippen LogP contribution in [0.3, 0.4) is 0 Å². The zero-order valence-electron chi connectivity index (χ0n) is 9.25. The second-order valence-corrected chi connectivity index (χ2v) is 4.11. The minimum absolute atomic E-state index is 0.169. The average Bonchev–Trinajstić information content (AvgIpc) is 2.79. The molecule has 15 heavy (non-hydrogen) atoms. The summed E-state index contributed by atoms with van der Waals surface area (Å²) in [6.45, 7) is 5.94. The Balaban J connectivity index is 2.26. The molecule has 0 amide bonds. The average molecular weight is 204 g/mol. The van der Waals surface area contributed by atoms with Gasteiger partial charge in [0, 0.05) is 5.69 Å². The van der Waals surface area contributed by atoms with Crippen molar-refractivity contribution in [2.24, 2.45) is 0 Å². The van der Waals surface area contributed by atoms with Gasteiger partial charge in [-0.25, -0.2) is 4.98 Å². The number of hydrogen-bond acceptors (Lipinski definition) is 3. The molecule has 2 heterocycles. The molecular weight excluding hydrogens is 188 g/mol. The summed E-state index contributed by atoms with van der Waals surface area (Å²) in [4.78, 5) is 9.77. The van der Waals surface area contributed by atoms with Crippen molar-refractivity contribution in [2.75, 3.05) is 13.1 Å². The third kappa shape index (κ3) is 1.88. The Labute approximate surface area is 89.9 Å². The first-order chi connectivity index (χ1) is 7.22. The maximum absolute atomic E-state index is 9.23. The van der Waals surface area contributed by atoms with Gasteiger partial charge in [0.1, 0.15) is 11.9 Å². The maximum Gasteiger partial charge on any atom is 0.142 e. The van der Waals surface area contributed by atoms with Crippen LogP contribution in [0, 0.1) is 25.2 Å². The number of nitrogens with zero attached hydrogens (tertiary/aromatic N) is 3. The van der Waals surface area contributed by atoms with Gasteiger partial charge in [-0.15, -0.1) is 0 Å². The molecule has 1 aromatic heterocycles. The number of rotatable bonds is 2. The SMILES string of the molecule is Cc1nc(C(C#N)N2CCCC2)c(C)[nH]1. The van der Waals surface area contributed by atoms with E-state index in [0.29, 0.717) is 0 Å². The fourth-order valence-electron chi connectivity index (χ4n) is 2.21. The number of likely N-dealkylation sites (tertiary alicyclic amines) is 1. The molecule has 4 nitrogen and oxygen atoms in total. The van der Waals surface area contributed by atoms with E-state index in [0.717, 1.165) is 30.3 Å². The van der Waals surface area contributed by atoms with Crippen LogP contribution < -0.4 is 0 Å². The minimum atomic E-state index is -0.169. The smallest absolute Gasteiger partial charge is 0.142 e. The Morgan fingerprint density at radius 1 is 1.40 bits per heavy atom. The van der Waals surface area contributed by atoms with Crippen molar-refractivity contribution in [2.45, 2.75) is 32.7 Å². The zero-order chi connectivity index (χ0) is 10.8. The molecule has 0 saturated carbocycles. The summed E-state index contributed by atoms with van der Waals surface area (Å²) in [6.07, 6.45) is 2.39. The second-order valence-electron chi connectivity index (χ2n) is 4.11. The van der Waals surface area contributed by atoms with Crippen molar-refractivity contribution >= 4 is 0 Å². The van der Waals surface area contributed by atoms with Crippen LogP contribution in [-0.2, 0) is 0 Å². The van der Waals surface area contributed by atoms with E-state index in [4.69, 9.17) is 0 Å². The number of nitrogens with one attached hydrogen (secondary N) is 1. The van der Waals surface area contributed by atoms with Crippen LogP contribution in [0.1, 0.15) is 36.1 Å². The highest BCUT2D eigenvalue weighted by atomic mass is 15.2. The Hall–Kier alpha value is -1.34. The minimum Gasteiger partial charge on any atom is -0.346 e. The molecule has 1 unspecified atom stereocenters. The number of aromatic nitrogens is 2. The van der Waals surface area contributed by atoms with Crippen LogP contribution in [0.25, 0.3) is 0 Å². The molecule has 1 saturated heterocycles. The molecule has 1 aliphatic heterocycles. The summed E-state index contributed by atoms with van der Waals surface area (Å²) in [7, 11) is 0. The molecule has 0 bridgehead atoms. The van der Waals surface area contributed by atoms with Gasteiger partial charge in [0.2, 0.25) is 0 Å². The van der Waals surface area contributed by atoms with Gasteiger partial charge in [-0.3, -0.25) is 4.90 Å². The molecule has 4 heteroatoms. The van der Waals surface area contributed by atoms with Crippen LogP contribution in [0.5, 0.6) is 0 Å². The maximum atomic E-state index is 9.23. The highest BCUT2D eigenvalue weighted by Gasteiger charge is 2.26. The third-order valence-electron chi connectivity index (χ3n) is 2.93. The lowest BCUT2D eigenvalue weighted by Crippen LogP contribution is -2.25. The fraction of sp³-hybridized carbons (Fsp3) is 0.636. The fourth-order valence-corrected chi connectivity index (χ4v) is 2.21. The largest absolute Gasteiger partial charge is 0.346 e. The standard InChI is InChI=1S/C11H16N4/c1-8-11(14-9(2)13-8)10(7-12)15-5-3-4-6-15/h10H,3-6H2,1-2H3,(H,13,14). The number of imidazole rings is 1. The van der Waals surface area contributed by atoms with Gasteiger partial charge < -0.3 is 4.98 Å². The van der Waals surface area contributed by atoms with Crippen molar-refractivity contribution < 1.29 is 0 Å². The number of H-pyrrole nitrogens is 1. The molecule has 1 aromatic rings. The topological polar surface area (TPSA) is 55.7 Å². The van der Waals surface area contributed by atoms with E-state index in [9.17, 15) is 5.26 Å². The van der Waals surface area contributed by atoms with Crippen molar-refractivity contribution in [1.82, 2.24) is 14.9 Å². The van der Waals surface area contributed by atoms with E-state index in [1.54, 1.807) is 0 Å². The van der Waals surface area contributed by atoms with E-state index >= 15 is 0 Å². The first kappa shape index (κ1) is 10.2. The first-order valence-corrected chi connectivity index (χ1v) is 5.39. The number of hydrogen-bond donors (Lipinski definition) is 1. The molecule has 0 radical (unpaired) electrons. The molecule has 1 fully saturated rings. The lowest BCUT2D eigenvalue weighted by atomic mass is 10.2. The number of aryl methyl sites for hydroxylation is 2. The normalized spacial score (nSPS) is 19.0. The molecule has 1 N–H and O–H groups in total. The van der Waals surface area contributed by atoms with E-state index in [2.05, 4.69) is 20.9 Å². The number of aromatic amines is 1. The molecule has 2 rings (SSSR count). The summed E-state index contributed by atoms with van der Waals surface area (Å²) < 4.78 is 0. The van der Waals surface area contributed by atoms with Crippen molar-refractivity contribution in [3.8, 4) is 6.07 Å². The molecule has 0 spiro atoms. The molecule has 0 aliphatic carbocycles. The van der Waals surface area contributed by atoms with Gasteiger partial charge in [0.25, 0.3) is 0 Å². The van der Waals surface area contributed by atoms with Crippen LogP contribution in [0.4, 0.5) is 0 Å². The van der Waals surface area contributed by atoms with Crippen LogP contribution in [-0.4, -0.2) is 28.0 Å². The second kappa shape index (κ2) is 4.03. The van der Waals surface area contributed by atoms with Crippen LogP contribution in [0.15, 0.2) is 0 Å². The summed E-state index contributed by atoms with van der Waals surface area (Å²) in [5.74, 6) is 0.891. The van der Waals surface area contributed by atoms with Gasteiger partial charge in [-0.2, -0.15) is 5.26 Å². The van der Waals surface area contributed by atoms with Gasteiger partial charge in [0.05, 0.1) is 11.8 Å². The van der Waals surface area contributed by atoms with Crippen LogP contribution in [0.2, 0.25) is 0 Å².